The monoisotopic (exact) mass is 336 g/mol. The summed E-state index contributed by atoms with van der Waals surface area (Å²) in [6.07, 6.45) is 2.88. The molecule has 126 valence electrons. The Kier molecular flexibility index (Phi) is 5.61. The average molecular weight is 336 g/mol. The molecule has 3 heterocycles. The number of aromatic nitrogens is 3. The fourth-order valence-corrected chi connectivity index (χ4v) is 3.64. The normalized spacial score (nSPS) is 15.5. The van der Waals surface area contributed by atoms with Crippen LogP contribution in [0.3, 0.4) is 0 Å². The molecule has 0 bridgehead atoms. The molecule has 0 aromatic carbocycles. The molecule has 1 aliphatic rings. The molecule has 2 aromatic rings. The minimum Gasteiger partial charge on any atom is -0.467 e. The molecular formula is C16H24N4O2S. The van der Waals surface area contributed by atoms with E-state index in [0.29, 0.717) is 12.5 Å². The van der Waals surface area contributed by atoms with Crippen molar-refractivity contribution < 1.29 is 9.15 Å². The number of furan rings is 1. The van der Waals surface area contributed by atoms with Gasteiger partial charge in [-0.15, -0.1) is 10.2 Å². The number of nitrogens with zero attached hydrogens (tertiary/aromatic N) is 4. The van der Waals surface area contributed by atoms with Gasteiger partial charge >= 0.3 is 0 Å². The Morgan fingerprint density at radius 2 is 2.09 bits per heavy atom. The van der Waals surface area contributed by atoms with Gasteiger partial charge in [-0.25, -0.2) is 0 Å². The molecule has 1 aliphatic heterocycles. The number of ether oxygens (including phenoxy) is 1. The van der Waals surface area contributed by atoms with Gasteiger partial charge < -0.3 is 14.1 Å². The van der Waals surface area contributed by atoms with E-state index in [2.05, 4.69) is 33.5 Å². The topological polar surface area (TPSA) is 56.3 Å². The molecule has 0 saturated carbocycles. The minimum atomic E-state index is 0.663. The van der Waals surface area contributed by atoms with Crippen molar-refractivity contribution in [2.75, 3.05) is 37.0 Å². The van der Waals surface area contributed by atoms with Gasteiger partial charge in [-0.1, -0.05) is 25.6 Å². The fraction of sp³-hybridized carbons (Fsp3) is 0.625. The Morgan fingerprint density at radius 1 is 1.26 bits per heavy atom. The van der Waals surface area contributed by atoms with Gasteiger partial charge in [-0.05, 0) is 24.5 Å². The maximum Gasteiger partial charge on any atom is 0.228 e. The Morgan fingerprint density at radius 3 is 2.78 bits per heavy atom. The smallest absolute Gasteiger partial charge is 0.228 e. The predicted molar refractivity (Wildman–Crippen MR) is 91.0 cm³/mol. The van der Waals surface area contributed by atoms with Gasteiger partial charge in [0.1, 0.15) is 5.76 Å². The first-order valence-corrected chi connectivity index (χ1v) is 9.13. The summed E-state index contributed by atoms with van der Waals surface area (Å²) < 4.78 is 13.1. The van der Waals surface area contributed by atoms with E-state index in [-0.39, 0.29) is 0 Å². The van der Waals surface area contributed by atoms with Crippen LogP contribution in [0.25, 0.3) is 0 Å². The molecule has 0 N–H and O–H groups in total. The van der Waals surface area contributed by atoms with Gasteiger partial charge in [0.2, 0.25) is 5.95 Å². The number of morpholine rings is 1. The van der Waals surface area contributed by atoms with E-state index < -0.39 is 0 Å². The molecule has 1 saturated heterocycles. The van der Waals surface area contributed by atoms with Crippen LogP contribution < -0.4 is 4.90 Å². The van der Waals surface area contributed by atoms with Crippen LogP contribution in [0.1, 0.15) is 26.0 Å². The van der Waals surface area contributed by atoms with Crippen molar-refractivity contribution in [3.05, 3.63) is 24.2 Å². The van der Waals surface area contributed by atoms with Crippen LogP contribution >= 0.6 is 11.8 Å². The lowest BCUT2D eigenvalue weighted by Crippen LogP contribution is -2.38. The standard InChI is InChI=1S/C16H24N4O2S/c1-13(2)5-11-23-16-18-17-15(19-6-9-21-10-7-19)20(16)12-14-4-3-8-22-14/h3-4,8,13H,5-7,9-12H2,1-2H3. The molecule has 0 spiro atoms. The summed E-state index contributed by atoms with van der Waals surface area (Å²) in [6, 6.07) is 3.91. The molecule has 6 nitrogen and oxygen atoms in total. The predicted octanol–water partition coefficient (Wildman–Crippen LogP) is 2.89. The van der Waals surface area contributed by atoms with Crippen LogP contribution in [-0.2, 0) is 11.3 Å². The molecule has 0 radical (unpaired) electrons. The summed E-state index contributed by atoms with van der Waals surface area (Å²) in [4.78, 5) is 2.24. The maximum atomic E-state index is 5.52. The fourth-order valence-electron chi connectivity index (χ4n) is 2.47. The zero-order valence-corrected chi connectivity index (χ0v) is 14.6. The lowest BCUT2D eigenvalue weighted by Gasteiger charge is -2.27. The SMILES string of the molecule is CC(C)CCSc1nnc(N2CCOCC2)n1Cc1ccco1. The van der Waals surface area contributed by atoms with Crippen molar-refractivity contribution in [2.45, 2.75) is 32.0 Å². The largest absolute Gasteiger partial charge is 0.467 e. The van der Waals surface area contributed by atoms with E-state index in [9.17, 15) is 0 Å². The van der Waals surface area contributed by atoms with Gasteiger partial charge in [-0.2, -0.15) is 0 Å². The van der Waals surface area contributed by atoms with Crippen LogP contribution in [-0.4, -0.2) is 46.8 Å². The van der Waals surface area contributed by atoms with Gasteiger partial charge in [-0.3, -0.25) is 4.57 Å². The van der Waals surface area contributed by atoms with E-state index in [1.165, 1.54) is 6.42 Å². The van der Waals surface area contributed by atoms with Gasteiger partial charge in [0.15, 0.2) is 5.16 Å². The summed E-state index contributed by atoms with van der Waals surface area (Å²) in [5.74, 6) is 3.58. The maximum absolute atomic E-state index is 5.52. The second-order valence-electron chi connectivity index (χ2n) is 6.08. The molecule has 0 amide bonds. The van der Waals surface area contributed by atoms with Gasteiger partial charge in [0, 0.05) is 18.8 Å². The van der Waals surface area contributed by atoms with Crippen LogP contribution in [0, 0.1) is 5.92 Å². The Bertz CT molecular complexity index is 591. The number of hydrogen-bond donors (Lipinski definition) is 0. The van der Waals surface area contributed by atoms with Crippen molar-refractivity contribution in [3.63, 3.8) is 0 Å². The Balaban J connectivity index is 1.78. The number of anilines is 1. The molecule has 23 heavy (non-hydrogen) atoms. The third-order valence-electron chi connectivity index (χ3n) is 3.81. The van der Waals surface area contributed by atoms with Crippen molar-refractivity contribution in [3.8, 4) is 0 Å². The number of thioether (sulfide) groups is 1. The van der Waals surface area contributed by atoms with E-state index in [1.54, 1.807) is 18.0 Å². The van der Waals surface area contributed by atoms with E-state index >= 15 is 0 Å². The first-order valence-electron chi connectivity index (χ1n) is 8.15. The van der Waals surface area contributed by atoms with Gasteiger partial charge in [0.05, 0.1) is 26.0 Å². The average Bonchev–Trinajstić information content (AvgIpc) is 3.19. The molecule has 7 heteroatoms. The lowest BCUT2D eigenvalue weighted by atomic mass is 10.2. The second-order valence-corrected chi connectivity index (χ2v) is 7.14. The van der Waals surface area contributed by atoms with Crippen molar-refractivity contribution in [1.29, 1.82) is 0 Å². The number of hydrogen-bond acceptors (Lipinski definition) is 6. The lowest BCUT2D eigenvalue weighted by molar-refractivity contribution is 0.121. The summed E-state index contributed by atoms with van der Waals surface area (Å²) in [5.41, 5.74) is 0. The first-order chi connectivity index (χ1) is 11.2. The molecule has 0 unspecified atom stereocenters. The van der Waals surface area contributed by atoms with Crippen LogP contribution in [0.2, 0.25) is 0 Å². The highest BCUT2D eigenvalue weighted by atomic mass is 32.2. The highest BCUT2D eigenvalue weighted by molar-refractivity contribution is 7.99. The van der Waals surface area contributed by atoms with E-state index in [0.717, 1.165) is 48.9 Å². The summed E-state index contributed by atoms with van der Waals surface area (Å²) in [6.45, 7) is 8.34. The Labute approximate surface area is 141 Å². The zero-order chi connectivity index (χ0) is 16.1. The van der Waals surface area contributed by atoms with Crippen LogP contribution in [0.15, 0.2) is 28.0 Å². The summed E-state index contributed by atoms with van der Waals surface area (Å²) in [5, 5.41) is 9.82. The summed E-state index contributed by atoms with van der Waals surface area (Å²) in [7, 11) is 0. The number of rotatable bonds is 7. The summed E-state index contributed by atoms with van der Waals surface area (Å²) >= 11 is 1.77. The molecule has 1 fully saturated rings. The third kappa shape index (κ3) is 4.29. The quantitative estimate of drug-likeness (QED) is 0.725. The van der Waals surface area contributed by atoms with Crippen molar-refractivity contribution in [2.24, 2.45) is 5.92 Å². The molecule has 0 aliphatic carbocycles. The molecular weight excluding hydrogens is 312 g/mol. The highest BCUT2D eigenvalue weighted by Gasteiger charge is 2.21. The van der Waals surface area contributed by atoms with Crippen molar-refractivity contribution >= 4 is 17.7 Å². The molecule has 0 atom stereocenters. The highest BCUT2D eigenvalue weighted by Crippen LogP contribution is 2.25. The van der Waals surface area contributed by atoms with Crippen LogP contribution in [0.5, 0.6) is 0 Å². The van der Waals surface area contributed by atoms with Gasteiger partial charge in [0.25, 0.3) is 0 Å². The molecule has 2 aromatic heterocycles. The zero-order valence-electron chi connectivity index (χ0n) is 13.8. The van der Waals surface area contributed by atoms with Crippen molar-refractivity contribution in [1.82, 2.24) is 14.8 Å². The Hall–Kier alpha value is -1.47. The second kappa shape index (κ2) is 7.88. The first kappa shape index (κ1) is 16.4. The van der Waals surface area contributed by atoms with E-state index in [1.807, 2.05) is 12.1 Å². The molecule has 3 rings (SSSR count). The van der Waals surface area contributed by atoms with Crippen LogP contribution in [0.4, 0.5) is 5.95 Å². The minimum absolute atomic E-state index is 0.663. The third-order valence-corrected chi connectivity index (χ3v) is 4.81. The van der Waals surface area contributed by atoms with E-state index in [4.69, 9.17) is 9.15 Å².